The number of anilines is 1. The first-order chi connectivity index (χ1) is 9.19. The van der Waals surface area contributed by atoms with Gasteiger partial charge < -0.3 is 15.8 Å². The fraction of sp³-hybridized carbons (Fsp3) is 0.533. The second kappa shape index (κ2) is 8.40. The lowest BCUT2D eigenvalue weighted by molar-refractivity contribution is 0.0955. The lowest BCUT2D eigenvalue weighted by Gasteiger charge is -2.10. The maximum atomic E-state index is 11.7. The molecule has 19 heavy (non-hydrogen) atoms. The maximum absolute atomic E-state index is 11.7. The molecule has 0 fully saturated rings. The standard InChI is InChI=1S/C15H24N2O2/c1-3-5-6-7-10-19-14-11-12(8-9-13(14)16)15(18)17-4-2/h8-9,11H,3-7,10,16H2,1-2H3,(H,17,18). The Balaban J connectivity index is 2.56. The topological polar surface area (TPSA) is 64.3 Å². The van der Waals surface area contributed by atoms with Gasteiger partial charge in [-0.1, -0.05) is 26.2 Å². The molecule has 0 saturated carbocycles. The van der Waals surface area contributed by atoms with Crippen molar-refractivity contribution in [2.45, 2.75) is 39.5 Å². The smallest absolute Gasteiger partial charge is 0.251 e. The molecule has 0 spiro atoms. The van der Waals surface area contributed by atoms with E-state index in [1.807, 2.05) is 6.92 Å². The van der Waals surface area contributed by atoms with Crippen LogP contribution in [0.3, 0.4) is 0 Å². The maximum Gasteiger partial charge on any atom is 0.251 e. The first-order valence-corrected chi connectivity index (χ1v) is 6.99. The van der Waals surface area contributed by atoms with Gasteiger partial charge in [0, 0.05) is 12.1 Å². The Morgan fingerprint density at radius 2 is 2.05 bits per heavy atom. The van der Waals surface area contributed by atoms with Crippen LogP contribution in [0.15, 0.2) is 18.2 Å². The second-order valence-electron chi connectivity index (χ2n) is 4.52. The molecule has 0 aromatic heterocycles. The third-order valence-corrected chi connectivity index (χ3v) is 2.87. The van der Waals surface area contributed by atoms with E-state index in [-0.39, 0.29) is 5.91 Å². The number of nitrogens with one attached hydrogen (secondary N) is 1. The number of nitrogen functional groups attached to an aromatic ring is 1. The summed E-state index contributed by atoms with van der Waals surface area (Å²) >= 11 is 0. The summed E-state index contributed by atoms with van der Waals surface area (Å²) in [6, 6.07) is 5.14. The highest BCUT2D eigenvalue weighted by Gasteiger charge is 2.08. The molecule has 0 heterocycles. The number of rotatable bonds is 8. The molecule has 4 nitrogen and oxygen atoms in total. The number of benzene rings is 1. The van der Waals surface area contributed by atoms with Crippen LogP contribution in [-0.2, 0) is 0 Å². The third kappa shape index (κ3) is 5.20. The van der Waals surface area contributed by atoms with Crippen LogP contribution < -0.4 is 15.8 Å². The first kappa shape index (κ1) is 15.3. The Bertz CT molecular complexity index is 405. The number of hydrogen-bond acceptors (Lipinski definition) is 3. The molecule has 0 aliphatic heterocycles. The van der Waals surface area contributed by atoms with E-state index in [9.17, 15) is 4.79 Å². The zero-order valence-electron chi connectivity index (χ0n) is 11.9. The van der Waals surface area contributed by atoms with E-state index < -0.39 is 0 Å². The molecule has 1 aromatic carbocycles. The average molecular weight is 264 g/mol. The summed E-state index contributed by atoms with van der Waals surface area (Å²) in [6.45, 7) is 5.31. The summed E-state index contributed by atoms with van der Waals surface area (Å²) in [6.07, 6.45) is 4.59. The SMILES string of the molecule is CCCCCCOc1cc(C(=O)NCC)ccc1N. The van der Waals surface area contributed by atoms with E-state index in [1.165, 1.54) is 12.8 Å². The number of hydrogen-bond donors (Lipinski definition) is 2. The van der Waals surface area contributed by atoms with E-state index in [1.54, 1.807) is 18.2 Å². The predicted molar refractivity (Wildman–Crippen MR) is 78.5 cm³/mol. The van der Waals surface area contributed by atoms with Crippen molar-refractivity contribution in [2.24, 2.45) is 0 Å². The molecular weight excluding hydrogens is 240 g/mol. The van der Waals surface area contributed by atoms with Gasteiger partial charge in [0.25, 0.3) is 5.91 Å². The molecule has 0 aliphatic carbocycles. The fourth-order valence-corrected chi connectivity index (χ4v) is 1.77. The largest absolute Gasteiger partial charge is 0.491 e. The van der Waals surface area contributed by atoms with Gasteiger partial charge in [0.15, 0.2) is 0 Å². The van der Waals surface area contributed by atoms with Gasteiger partial charge in [-0.05, 0) is 31.5 Å². The number of carbonyl (C=O) groups is 1. The summed E-state index contributed by atoms with van der Waals surface area (Å²) in [5.74, 6) is 0.499. The molecule has 106 valence electrons. The van der Waals surface area contributed by atoms with Crippen LogP contribution in [0.1, 0.15) is 49.9 Å². The average Bonchev–Trinajstić information content (AvgIpc) is 2.40. The monoisotopic (exact) mass is 264 g/mol. The molecule has 0 aliphatic rings. The van der Waals surface area contributed by atoms with E-state index in [4.69, 9.17) is 10.5 Å². The zero-order chi connectivity index (χ0) is 14.1. The van der Waals surface area contributed by atoms with Gasteiger partial charge in [-0.25, -0.2) is 0 Å². The minimum Gasteiger partial charge on any atom is -0.491 e. The van der Waals surface area contributed by atoms with Gasteiger partial charge in [-0.2, -0.15) is 0 Å². The molecule has 4 heteroatoms. The Kier molecular flexibility index (Phi) is 6.79. The van der Waals surface area contributed by atoms with Crippen molar-refractivity contribution in [2.75, 3.05) is 18.9 Å². The van der Waals surface area contributed by atoms with E-state index >= 15 is 0 Å². The van der Waals surface area contributed by atoms with E-state index in [2.05, 4.69) is 12.2 Å². The van der Waals surface area contributed by atoms with Crippen LogP contribution in [0.2, 0.25) is 0 Å². The molecule has 3 N–H and O–H groups in total. The van der Waals surface area contributed by atoms with Gasteiger partial charge in [0.05, 0.1) is 12.3 Å². The van der Waals surface area contributed by atoms with Crippen molar-refractivity contribution in [3.05, 3.63) is 23.8 Å². The minimum absolute atomic E-state index is 0.0988. The molecule has 0 atom stereocenters. The summed E-state index contributed by atoms with van der Waals surface area (Å²) in [5, 5.41) is 2.76. The van der Waals surface area contributed by atoms with Crippen LogP contribution in [0, 0.1) is 0 Å². The van der Waals surface area contributed by atoms with Crippen molar-refractivity contribution in [1.29, 1.82) is 0 Å². The predicted octanol–water partition coefficient (Wildman–Crippen LogP) is 2.98. The van der Waals surface area contributed by atoms with Gasteiger partial charge in [0.2, 0.25) is 0 Å². The Morgan fingerprint density at radius 1 is 1.26 bits per heavy atom. The fourth-order valence-electron chi connectivity index (χ4n) is 1.77. The highest BCUT2D eigenvalue weighted by molar-refractivity contribution is 5.95. The van der Waals surface area contributed by atoms with Gasteiger partial charge in [-0.3, -0.25) is 4.79 Å². The molecule has 1 aromatic rings. The summed E-state index contributed by atoms with van der Waals surface area (Å²) in [5.41, 5.74) is 7.00. The summed E-state index contributed by atoms with van der Waals surface area (Å²) < 4.78 is 5.65. The molecule has 1 amide bonds. The van der Waals surface area contributed by atoms with E-state index in [0.29, 0.717) is 30.2 Å². The summed E-state index contributed by atoms with van der Waals surface area (Å²) in [7, 11) is 0. The Hall–Kier alpha value is -1.71. The van der Waals surface area contributed by atoms with Crippen LogP contribution in [0.25, 0.3) is 0 Å². The Morgan fingerprint density at radius 3 is 2.74 bits per heavy atom. The lowest BCUT2D eigenvalue weighted by atomic mass is 10.1. The highest BCUT2D eigenvalue weighted by Crippen LogP contribution is 2.23. The highest BCUT2D eigenvalue weighted by atomic mass is 16.5. The van der Waals surface area contributed by atoms with E-state index in [0.717, 1.165) is 12.8 Å². The minimum atomic E-state index is -0.0988. The number of carbonyl (C=O) groups excluding carboxylic acids is 1. The lowest BCUT2D eigenvalue weighted by Crippen LogP contribution is -2.22. The van der Waals surface area contributed by atoms with Crippen LogP contribution in [0.5, 0.6) is 5.75 Å². The van der Waals surface area contributed by atoms with Crippen LogP contribution in [0.4, 0.5) is 5.69 Å². The second-order valence-corrected chi connectivity index (χ2v) is 4.52. The summed E-state index contributed by atoms with van der Waals surface area (Å²) in [4.78, 5) is 11.7. The van der Waals surface area contributed by atoms with Crippen molar-refractivity contribution in [3.8, 4) is 5.75 Å². The number of amides is 1. The van der Waals surface area contributed by atoms with Gasteiger partial charge >= 0.3 is 0 Å². The normalized spacial score (nSPS) is 10.2. The zero-order valence-corrected chi connectivity index (χ0v) is 11.9. The molecule has 0 bridgehead atoms. The molecule has 0 unspecified atom stereocenters. The van der Waals surface area contributed by atoms with Gasteiger partial charge in [-0.15, -0.1) is 0 Å². The molecular formula is C15H24N2O2. The molecule has 0 saturated heterocycles. The van der Waals surface area contributed by atoms with Crippen molar-refractivity contribution < 1.29 is 9.53 Å². The third-order valence-electron chi connectivity index (χ3n) is 2.87. The quantitative estimate of drug-likeness (QED) is 0.560. The number of nitrogens with two attached hydrogens (primary N) is 1. The van der Waals surface area contributed by atoms with Crippen molar-refractivity contribution >= 4 is 11.6 Å². The van der Waals surface area contributed by atoms with Crippen molar-refractivity contribution in [1.82, 2.24) is 5.32 Å². The number of ether oxygens (including phenoxy) is 1. The number of unbranched alkanes of at least 4 members (excludes halogenated alkanes) is 3. The van der Waals surface area contributed by atoms with Gasteiger partial charge in [0.1, 0.15) is 5.75 Å². The molecule has 0 radical (unpaired) electrons. The Labute approximate surface area is 115 Å². The van der Waals surface area contributed by atoms with Crippen LogP contribution >= 0.6 is 0 Å². The van der Waals surface area contributed by atoms with Crippen LogP contribution in [-0.4, -0.2) is 19.1 Å². The van der Waals surface area contributed by atoms with Crippen molar-refractivity contribution in [3.63, 3.8) is 0 Å². The molecule has 1 rings (SSSR count). The first-order valence-electron chi connectivity index (χ1n) is 6.99.